The standard InChI is InChI=1S/C11H10N2O2S.C9H13N/c14-16-11-12-9-4-3-8(5-10(9)13-11)15-6-7-1-2-7;1-8-6-4-5-7-9(8)10(2)3/h3-5,7H,1-2,6H2;4-7H,1-3H3. The minimum absolute atomic E-state index is 0.273. The van der Waals surface area contributed by atoms with Gasteiger partial charge in [0.2, 0.25) is 5.11 Å². The van der Waals surface area contributed by atoms with Crippen molar-refractivity contribution in [3.8, 4) is 5.75 Å². The van der Waals surface area contributed by atoms with Crippen molar-refractivity contribution in [1.82, 2.24) is 0 Å². The fourth-order valence-electron chi connectivity index (χ4n) is 2.61. The molecular formula is C20H23N3O2S. The van der Waals surface area contributed by atoms with E-state index >= 15 is 0 Å². The van der Waals surface area contributed by atoms with E-state index in [0.29, 0.717) is 11.3 Å². The Balaban J connectivity index is 0.000000170. The number of anilines is 1. The van der Waals surface area contributed by atoms with E-state index in [1.165, 1.54) is 24.1 Å². The van der Waals surface area contributed by atoms with Crippen molar-refractivity contribution in [3.05, 3.63) is 58.7 Å². The molecule has 0 aromatic heterocycles. The van der Waals surface area contributed by atoms with Gasteiger partial charge in [0, 0.05) is 25.8 Å². The van der Waals surface area contributed by atoms with Gasteiger partial charge in [-0.25, -0.2) is 14.2 Å². The van der Waals surface area contributed by atoms with Crippen molar-refractivity contribution in [1.29, 1.82) is 0 Å². The SMILES string of the molecule is Cc1ccccc1N(C)C.O=S=C1N=c2ccc(OCC3CC3)cc2=N1. The minimum atomic E-state index is 0.273. The molecule has 2 aromatic carbocycles. The third-order valence-corrected chi connectivity index (χ3v) is 4.57. The molecule has 136 valence electrons. The Morgan fingerprint density at radius 1 is 1.12 bits per heavy atom. The summed E-state index contributed by atoms with van der Waals surface area (Å²) in [6.07, 6.45) is 2.55. The molecule has 1 fully saturated rings. The van der Waals surface area contributed by atoms with Crippen molar-refractivity contribution in [3.63, 3.8) is 0 Å². The molecular weight excluding hydrogens is 346 g/mol. The van der Waals surface area contributed by atoms with Crippen LogP contribution in [0.15, 0.2) is 52.4 Å². The molecule has 0 N–H and O–H groups in total. The Morgan fingerprint density at radius 3 is 2.46 bits per heavy atom. The summed E-state index contributed by atoms with van der Waals surface area (Å²) in [6, 6.07) is 13.9. The summed E-state index contributed by atoms with van der Waals surface area (Å²) in [5.74, 6) is 1.54. The molecule has 0 radical (unpaired) electrons. The average Bonchev–Trinajstić information content (AvgIpc) is 3.37. The van der Waals surface area contributed by atoms with Crippen molar-refractivity contribution in [2.45, 2.75) is 19.8 Å². The number of hydrogen-bond acceptors (Lipinski definition) is 3. The molecule has 1 heterocycles. The van der Waals surface area contributed by atoms with E-state index in [4.69, 9.17) is 4.74 Å². The summed E-state index contributed by atoms with van der Waals surface area (Å²) in [5.41, 5.74) is 2.62. The highest BCUT2D eigenvalue weighted by Gasteiger charge is 2.21. The lowest BCUT2D eigenvalue weighted by molar-refractivity contribution is 0.299. The van der Waals surface area contributed by atoms with E-state index < -0.39 is 0 Å². The highest BCUT2D eigenvalue weighted by atomic mass is 32.1. The van der Waals surface area contributed by atoms with Gasteiger partial charge >= 0.3 is 0 Å². The largest absolute Gasteiger partial charge is 0.493 e. The summed E-state index contributed by atoms with van der Waals surface area (Å²) >= 11 is 0.316. The van der Waals surface area contributed by atoms with E-state index in [2.05, 4.69) is 60.2 Å². The molecule has 26 heavy (non-hydrogen) atoms. The number of rotatable bonds is 4. The second kappa shape index (κ2) is 8.27. The molecule has 0 amide bonds. The Hall–Kier alpha value is -2.47. The van der Waals surface area contributed by atoms with Gasteiger partial charge in [-0.15, -0.1) is 0 Å². The van der Waals surface area contributed by atoms with Crippen LogP contribution in [0.2, 0.25) is 0 Å². The highest BCUT2D eigenvalue weighted by molar-refractivity contribution is 7.66. The summed E-state index contributed by atoms with van der Waals surface area (Å²) in [5, 5.41) is 1.75. The number of benzene rings is 2. The second-order valence-electron chi connectivity index (χ2n) is 6.68. The van der Waals surface area contributed by atoms with Gasteiger partial charge in [-0.2, -0.15) is 0 Å². The van der Waals surface area contributed by atoms with Gasteiger partial charge in [-0.1, -0.05) is 18.2 Å². The van der Waals surface area contributed by atoms with E-state index in [0.717, 1.165) is 29.0 Å². The molecule has 1 saturated carbocycles. The lowest BCUT2D eigenvalue weighted by atomic mass is 10.2. The molecule has 1 aliphatic heterocycles. The molecule has 6 heteroatoms. The first-order valence-electron chi connectivity index (χ1n) is 8.67. The smallest absolute Gasteiger partial charge is 0.249 e. The molecule has 0 bridgehead atoms. The summed E-state index contributed by atoms with van der Waals surface area (Å²) in [4.78, 5) is 10.3. The normalized spacial score (nSPS) is 14.3. The van der Waals surface area contributed by atoms with E-state index in [1.54, 1.807) is 0 Å². The quantitative estimate of drug-likeness (QED) is 0.776. The number of aryl methyl sites for hydroxylation is 1. The van der Waals surface area contributed by atoms with Crippen LogP contribution in [-0.2, 0) is 11.3 Å². The molecule has 0 unspecified atom stereocenters. The monoisotopic (exact) mass is 369 g/mol. The van der Waals surface area contributed by atoms with Gasteiger partial charge in [0.05, 0.1) is 17.3 Å². The lowest BCUT2D eigenvalue weighted by Crippen LogP contribution is -2.21. The van der Waals surface area contributed by atoms with Crippen molar-refractivity contribution in [2.24, 2.45) is 15.9 Å². The molecule has 2 aliphatic rings. The van der Waals surface area contributed by atoms with E-state index in [1.807, 2.05) is 18.2 Å². The van der Waals surface area contributed by atoms with Gasteiger partial charge in [-0.3, -0.25) is 0 Å². The highest BCUT2D eigenvalue weighted by Crippen LogP contribution is 2.29. The summed E-state index contributed by atoms with van der Waals surface area (Å²) in [6.45, 7) is 2.90. The maximum Gasteiger partial charge on any atom is 0.249 e. The Labute approximate surface area is 157 Å². The number of para-hydroxylation sites is 1. The zero-order valence-electron chi connectivity index (χ0n) is 15.3. The molecule has 0 spiro atoms. The van der Waals surface area contributed by atoms with Gasteiger partial charge < -0.3 is 9.64 Å². The Bertz CT molecular complexity index is 961. The third-order valence-electron chi connectivity index (χ3n) is 4.23. The topological polar surface area (TPSA) is 54.3 Å². The first kappa shape index (κ1) is 18.3. The maximum atomic E-state index is 10.6. The van der Waals surface area contributed by atoms with Crippen LogP contribution in [-0.4, -0.2) is 30.0 Å². The molecule has 0 atom stereocenters. The third kappa shape index (κ3) is 4.79. The molecule has 2 aromatic rings. The van der Waals surface area contributed by atoms with Gasteiger partial charge in [0.1, 0.15) is 17.0 Å². The zero-order valence-corrected chi connectivity index (χ0v) is 16.1. The lowest BCUT2D eigenvalue weighted by Gasteiger charge is -2.14. The predicted molar refractivity (Wildman–Crippen MR) is 106 cm³/mol. The summed E-state index contributed by atoms with van der Waals surface area (Å²) < 4.78 is 16.2. The number of ether oxygens (including phenoxy) is 1. The van der Waals surface area contributed by atoms with Gasteiger partial charge in [0.25, 0.3) is 0 Å². The van der Waals surface area contributed by atoms with Gasteiger partial charge in [-0.05, 0) is 49.4 Å². The molecule has 1 aliphatic carbocycles. The van der Waals surface area contributed by atoms with E-state index in [-0.39, 0.29) is 5.11 Å². The van der Waals surface area contributed by atoms with Crippen LogP contribution >= 0.6 is 0 Å². The van der Waals surface area contributed by atoms with Crippen LogP contribution in [0.3, 0.4) is 0 Å². The molecule has 4 rings (SSSR count). The van der Waals surface area contributed by atoms with Gasteiger partial charge in [0.15, 0.2) is 0 Å². The van der Waals surface area contributed by atoms with Crippen molar-refractivity contribution >= 4 is 22.1 Å². The number of hydrogen-bond donors (Lipinski definition) is 0. The zero-order chi connectivity index (χ0) is 18.5. The first-order valence-corrected chi connectivity index (χ1v) is 9.41. The fraction of sp³-hybridized carbons (Fsp3) is 0.350. The van der Waals surface area contributed by atoms with Crippen LogP contribution in [0.4, 0.5) is 5.69 Å². The second-order valence-corrected chi connectivity index (χ2v) is 7.21. The molecule has 5 nitrogen and oxygen atoms in total. The Kier molecular flexibility index (Phi) is 5.83. The van der Waals surface area contributed by atoms with Crippen LogP contribution in [0.1, 0.15) is 18.4 Å². The van der Waals surface area contributed by atoms with E-state index in [9.17, 15) is 4.21 Å². The van der Waals surface area contributed by atoms with Crippen LogP contribution < -0.4 is 20.4 Å². The van der Waals surface area contributed by atoms with Crippen molar-refractivity contribution in [2.75, 3.05) is 25.6 Å². The number of nitrogens with zero attached hydrogens (tertiary/aromatic N) is 3. The van der Waals surface area contributed by atoms with Crippen LogP contribution in [0.25, 0.3) is 0 Å². The first-order chi connectivity index (χ1) is 12.6. The van der Waals surface area contributed by atoms with Crippen molar-refractivity contribution < 1.29 is 8.95 Å². The average molecular weight is 369 g/mol. The minimum Gasteiger partial charge on any atom is -0.493 e. The van der Waals surface area contributed by atoms with Crippen LogP contribution in [0, 0.1) is 12.8 Å². The van der Waals surface area contributed by atoms with Crippen LogP contribution in [0.5, 0.6) is 5.75 Å². The fourth-order valence-corrected chi connectivity index (χ4v) is 2.88. The predicted octanol–water partition coefficient (Wildman–Crippen LogP) is 2.09. The summed E-state index contributed by atoms with van der Waals surface area (Å²) in [7, 11) is 4.12. The number of fused-ring (bicyclic) bond motifs is 1. The Morgan fingerprint density at radius 2 is 1.85 bits per heavy atom. The maximum absolute atomic E-state index is 10.6. The molecule has 0 saturated heterocycles.